The molecule has 0 aromatic heterocycles. The summed E-state index contributed by atoms with van der Waals surface area (Å²) in [6.45, 7) is 7.24. The van der Waals surface area contributed by atoms with Crippen molar-refractivity contribution in [3.8, 4) is 0 Å². The maximum Gasteiger partial charge on any atom is 0.0452 e. The van der Waals surface area contributed by atoms with E-state index in [2.05, 4.69) is 63.6 Å². The Bertz CT molecular complexity index is 370. The Labute approximate surface area is 127 Å². The van der Waals surface area contributed by atoms with Gasteiger partial charge in [-0.25, -0.2) is 0 Å². The van der Waals surface area contributed by atoms with Gasteiger partial charge in [0.2, 0.25) is 0 Å². The number of benzene rings is 1. The third-order valence-electron chi connectivity index (χ3n) is 2.82. The Balaban J connectivity index is 3.15. The number of rotatable bonds is 5. The molecule has 4 heteroatoms. The summed E-state index contributed by atoms with van der Waals surface area (Å²) < 4.78 is 0. The van der Waals surface area contributed by atoms with E-state index in [9.17, 15) is 0 Å². The molecule has 1 aromatic carbocycles. The Morgan fingerprint density at radius 1 is 1.18 bits per heavy atom. The molecule has 17 heavy (non-hydrogen) atoms. The van der Waals surface area contributed by atoms with Crippen molar-refractivity contribution in [1.29, 1.82) is 0 Å². The maximum absolute atomic E-state index is 6.12. The summed E-state index contributed by atoms with van der Waals surface area (Å²) in [6, 6.07) is 9.52. The van der Waals surface area contributed by atoms with Crippen LogP contribution < -0.4 is 0 Å². The molecule has 96 valence electrons. The number of alkyl halides is 2. The zero-order valence-corrected chi connectivity index (χ0v) is 15.5. The van der Waals surface area contributed by atoms with Gasteiger partial charge in [0.25, 0.3) is 0 Å². The third kappa shape index (κ3) is 4.37. The SMILES string of the molecule is C[Si](C)(C)CC(CBr)(CBr)c1cccc(Cl)c1. The second-order valence-corrected chi connectivity index (χ2v) is 12.8. The van der Waals surface area contributed by atoms with Crippen LogP contribution in [0.25, 0.3) is 0 Å². The van der Waals surface area contributed by atoms with E-state index >= 15 is 0 Å². The van der Waals surface area contributed by atoms with Crippen LogP contribution >= 0.6 is 43.5 Å². The molecular weight excluding hydrogens is 379 g/mol. The van der Waals surface area contributed by atoms with Gasteiger partial charge < -0.3 is 0 Å². The highest BCUT2D eigenvalue weighted by Crippen LogP contribution is 2.37. The largest absolute Gasteiger partial charge is 0.0918 e. The van der Waals surface area contributed by atoms with E-state index in [1.54, 1.807) is 0 Å². The first kappa shape index (κ1) is 15.7. The first-order valence-electron chi connectivity index (χ1n) is 5.71. The number of halogens is 3. The van der Waals surface area contributed by atoms with E-state index in [1.165, 1.54) is 11.6 Å². The summed E-state index contributed by atoms with van der Waals surface area (Å²) in [5.74, 6) is 0. The van der Waals surface area contributed by atoms with Crippen LogP contribution in [0.2, 0.25) is 30.7 Å². The molecule has 0 fully saturated rings. The zero-order valence-electron chi connectivity index (χ0n) is 10.6. The molecule has 0 N–H and O–H groups in total. The Hall–Kier alpha value is 0.687. The molecule has 0 radical (unpaired) electrons. The van der Waals surface area contributed by atoms with Gasteiger partial charge in [-0.2, -0.15) is 0 Å². The smallest absolute Gasteiger partial charge is 0.0452 e. The lowest BCUT2D eigenvalue weighted by molar-refractivity contribution is 0.612. The lowest BCUT2D eigenvalue weighted by Gasteiger charge is -2.36. The average Bonchev–Trinajstić information content (AvgIpc) is 2.25. The van der Waals surface area contributed by atoms with Gasteiger partial charge in [-0.05, 0) is 23.7 Å². The summed E-state index contributed by atoms with van der Waals surface area (Å²) in [6.07, 6.45) is 0. The molecule has 0 aliphatic rings. The molecule has 0 aliphatic carbocycles. The second-order valence-electron chi connectivity index (χ2n) is 5.80. The van der Waals surface area contributed by atoms with Crippen molar-refractivity contribution in [1.82, 2.24) is 0 Å². The highest BCUT2D eigenvalue weighted by molar-refractivity contribution is 9.09. The van der Waals surface area contributed by atoms with Crippen molar-refractivity contribution in [3.05, 3.63) is 34.9 Å². The normalized spacial score (nSPS) is 12.8. The molecule has 0 amide bonds. The van der Waals surface area contributed by atoms with E-state index in [1.807, 2.05) is 12.1 Å². The van der Waals surface area contributed by atoms with Crippen molar-refractivity contribution < 1.29 is 0 Å². The monoisotopic (exact) mass is 396 g/mol. The van der Waals surface area contributed by atoms with Crippen LogP contribution in [0, 0.1) is 0 Å². The lowest BCUT2D eigenvalue weighted by Crippen LogP contribution is -2.39. The highest BCUT2D eigenvalue weighted by atomic mass is 79.9. The van der Waals surface area contributed by atoms with Crippen molar-refractivity contribution in [3.63, 3.8) is 0 Å². The van der Waals surface area contributed by atoms with E-state index < -0.39 is 8.07 Å². The van der Waals surface area contributed by atoms with Crippen LogP contribution in [0.1, 0.15) is 5.56 Å². The second kappa shape index (κ2) is 6.22. The maximum atomic E-state index is 6.12. The van der Waals surface area contributed by atoms with Crippen LogP contribution in [0.4, 0.5) is 0 Å². The fourth-order valence-electron chi connectivity index (χ4n) is 2.22. The van der Waals surface area contributed by atoms with Gasteiger partial charge in [0.1, 0.15) is 0 Å². The summed E-state index contributed by atoms with van der Waals surface area (Å²) in [5, 5.41) is 2.76. The summed E-state index contributed by atoms with van der Waals surface area (Å²) in [7, 11) is -1.14. The topological polar surface area (TPSA) is 0 Å². The van der Waals surface area contributed by atoms with E-state index in [-0.39, 0.29) is 5.41 Å². The summed E-state index contributed by atoms with van der Waals surface area (Å²) >= 11 is 13.5. The third-order valence-corrected chi connectivity index (χ3v) is 6.94. The van der Waals surface area contributed by atoms with Crippen LogP contribution in [0.15, 0.2) is 24.3 Å². The zero-order chi connectivity index (χ0) is 13.1. The molecule has 1 aromatic rings. The van der Waals surface area contributed by atoms with E-state index in [4.69, 9.17) is 11.6 Å². The molecule has 0 saturated carbocycles. The van der Waals surface area contributed by atoms with Crippen LogP contribution in [0.5, 0.6) is 0 Å². The minimum atomic E-state index is -1.14. The molecule has 0 spiro atoms. The predicted octanol–water partition coefficient (Wildman–Crippen LogP) is 5.71. The van der Waals surface area contributed by atoms with Crippen molar-refractivity contribution in [2.45, 2.75) is 31.1 Å². The molecular formula is C13H19Br2ClSi. The van der Waals surface area contributed by atoms with Crippen molar-refractivity contribution >= 4 is 51.5 Å². The van der Waals surface area contributed by atoms with Gasteiger partial charge >= 0.3 is 0 Å². The molecule has 1 rings (SSSR count). The fourth-order valence-corrected chi connectivity index (χ4v) is 7.60. The molecule has 0 nitrogen and oxygen atoms in total. The minimum Gasteiger partial charge on any atom is -0.0918 e. The van der Waals surface area contributed by atoms with Gasteiger partial charge in [-0.1, -0.05) is 75.2 Å². The standard InChI is InChI=1S/C13H19Br2ClSi/c1-17(2,3)10-13(8-14,9-15)11-5-4-6-12(16)7-11/h4-7H,8-10H2,1-3H3. The quantitative estimate of drug-likeness (QED) is 0.440. The summed E-state index contributed by atoms with van der Waals surface area (Å²) in [4.78, 5) is 0. The lowest BCUT2D eigenvalue weighted by atomic mass is 9.86. The molecule has 0 heterocycles. The Kier molecular flexibility index (Phi) is 5.76. The first-order chi connectivity index (χ1) is 7.83. The van der Waals surface area contributed by atoms with Crippen LogP contribution in [-0.4, -0.2) is 18.7 Å². The molecule has 0 saturated heterocycles. The highest BCUT2D eigenvalue weighted by Gasteiger charge is 2.35. The van der Waals surface area contributed by atoms with Gasteiger partial charge in [0.15, 0.2) is 0 Å². The number of hydrogen-bond donors (Lipinski definition) is 0. The van der Waals surface area contributed by atoms with E-state index in [0.29, 0.717) is 0 Å². The molecule has 0 bridgehead atoms. The molecule has 0 atom stereocenters. The minimum absolute atomic E-state index is 0.162. The first-order valence-corrected chi connectivity index (χ1v) is 12.0. The fraction of sp³-hybridized carbons (Fsp3) is 0.538. The van der Waals surface area contributed by atoms with Gasteiger partial charge in [-0.15, -0.1) is 0 Å². The van der Waals surface area contributed by atoms with E-state index in [0.717, 1.165) is 15.7 Å². The summed E-state index contributed by atoms with van der Waals surface area (Å²) in [5.41, 5.74) is 1.50. The van der Waals surface area contributed by atoms with Gasteiger partial charge in [0, 0.05) is 29.2 Å². The van der Waals surface area contributed by atoms with Gasteiger partial charge in [-0.3, -0.25) is 0 Å². The van der Waals surface area contributed by atoms with Crippen molar-refractivity contribution in [2.24, 2.45) is 0 Å². The van der Waals surface area contributed by atoms with Crippen LogP contribution in [0.3, 0.4) is 0 Å². The Morgan fingerprint density at radius 3 is 2.18 bits per heavy atom. The van der Waals surface area contributed by atoms with Gasteiger partial charge in [0.05, 0.1) is 0 Å². The number of hydrogen-bond acceptors (Lipinski definition) is 0. The average molecular weight is 399 g/mol. The molecule has 0 aliphatic heterocycles. The van der Waals surface area contributed by atoms with Crippen LogP contribution in [-0.2, 0) is 5.41 Å². The predicted molar refractivity (Wildman–Crippen MR) is 88.9 cm³/mol. The van der Waals surface area contributed by atoms with Crippen molar-refractivity contribution in [2.75, 3.05) is 10.7 Å². The molecule has 0 unspecified atom stereocenters. The Morgan fingerprint density at radius 2 is 1.76 bits per heavy atom.